The lowest BCUT2D eigenvalue weighted by atomic mass is 10.1. The maximum Gasteiger partial charge on any atom is 0.158 e. The molecule has 1 fully saturated rings. The number of fused-ring (bicyclic) bond motifs is 1. The average molecular weight is 387 g/mol. The Balaban J connectivity index is 0.00000225. The quantitative estimate of drug-likeness (QED) is 0.753. The Morgan fingerprint density at radius 3 is 2.76 bits per heavy atom. The van der Waals surface area contributed by atoms with Gasteiger partial charge in [0.05, 0.1) is 11.0 Å². The van der Waals surface area contributed by atoms with Gasteiger partial charge in [-0.1, -0.05) is 18.2 Å². The second-order valence-electron chi connectivity index (χ2n) is 7.58. The van der Waals surface area contributed by atoms with Crippen molar-refractivity contribution in [1.82, 2.24) is 9.80 Å². The lowest BCUT2D eigenvalue weighted by molar-refractivity contribution is 0.208. The Bertz CT molecular complexity index is 676. The first kappa shape index (κ1) is 20.7. The molecule has 0 aromatic heterocycles. The number of sulfone groups is 1. The molecule has 1 aromatic carbocycles. The zero-order valence-electron chi connectivity index (χ0n) is 15.4. The largest absolute Gasteiger partial charge is 0.308 e. The van der Waals surface area contributed by atoms with Crippen LogP contribution < -0.4 is 0 Å². The highest BCUT2D eigenvalue weighted by Gasteiger charge is 2.31. The molecule has 1 saturated heterocycles. The van der Waals surface area contributed by atoms with Crippen molar-refractivity contribution in [2.75, 3.05) is 40.3 Å². The molecule has 6 heteroatoms. The first-order valence-corrected chi connectivity index (χ1v) is 10.9. The van der Waals surface area contributed by atoms with Gasteiger partial charge in [-0.05, 0) is 69.4 Å². The number of likely N-dealkylation sites (tertiary alicyclic amines) is 1. The third-order valence-electron chi connectivity index (χ3n) is 5.43. The fourth-order valence-electron chi connectivity index (χ4n) is 4.02. The van der Waals surface area contributed by atoms with E-state index in [1.165, 1.54) is 11.1 Å². The summed E-state index contributed by atoms with van der Waals surface area (Å²) in [7, 11) is 1.04. The minimum absolute atomic E-state index is 0. The molecule has 1 aliphatic carbocycles. The van der Waals surface area contributed by atoms with Gasteiger partial charge in [0.1, 0.15) is 0 Å². The molecule has 1 unspecified atom stereocenters. The van der Waals surface area contributed by atoms with Crippen molar-refractivity contribution in [3.05, 3.63) is 34.9 Å². The second kappa shape index (κ2) is 8.85. The molecule has 4 nitrogen and oxygen atoms in total. The molecule has 1 atom stereocenters. The van der Waals surface area contributed by atoms with Gasteiger partial charge in [-0.3, -0.25) is 0 Å². The van der Waals surface area contributed by atoms with Gasteiger partial charge in [-0.2, -0.15) is 0 Å². The van der Waals surface area contributed by atoms with E-state index in [9.17, 15) is 8.42 Å². The number of benzene rings is 1. The summed E-state index contributed by atoms with van der Waals surface area (Å²) in [6, 6.07) is 6.20. The fraction of sp³-hybridized carbons (Fsp3) is 0.684. The Kier molecular flexibility index (Phi) is 7.32. The van der Waals surface area contributed by atoms with E-state index < -0.39 is 9.84 Å². The van der Waals surface area contributed by atoms with Crippen LogP contribution in [0.1, 0.15) is 36.0 Å². The van der Waals surface area contributed by atoms with Crippen molar-refractivity contribution < 1.29 is 8.42 Å². The summed E-state index contributed by atoms with van der Waals surface area (Å²) in [5, 5.41) is -0.203. The van der Waals surface area contributed by atoms with Gasteiger partial charge >= 0.3 is 0 Å². The molecular weight excluding hydrogens is 356 g/mol. The molecular formula is C19H31ClN2O2S. The van der Waals surface area contributed by atoms with Crippen LogP contribution in [0.5, 0.6) is 0 Å². The minimum atomic E-state index is -3.08. The average Bonchev–Trinajstić information content (AvgIpc) is 3.03. The van der Waals surface area contributed by atoms with Crippen LogP contribution in [0.2, 0.25) is 0 Å². The number of rotatable bonds is 6. The van der Waals surface area contributed by atoms with E-state index in [0.717, 1.165) is 57.3 Å². The normalized spacial score (nSPS) is 21.2. The molecule has 0 N–H and O–H groups in total. The van der Waals surface area contributed by atoms with Gasteiger partial charge in [0.2, 0.25) is 0 Å². The summed E-state index contributed by atoms with van der Waals surface area (Å²) in [6.45, 7) is 3.67. The van der Waals surface area contributed by atoms with Crippen molar-refractivity contribution in [2.24, 2.45) is 0 Å². The van der Waals surface area contributed by atoms with Crippen molar-refractivity contribution >= 4 is 22.2 Å². The highest BCUT2D eigenvalue weighted by atomic mass is 35.5. The number of halogens is 1. The molecule has 0 bridgehead atoms. The lowest BCUT2D eigenvalue weighted by Gasteiger charge is -2.33. The first-order valence-electron chi connectivity index (χ1n) is 9.14. The smallest absolute Gasteiger partial charge is 0.158 e. The van der Waals surface area contributed by atoms with E-state index in [2.05, 4.69) is 30.0 Å². The van der Waals surface area contributed by atoms with Crippen LogP contribution in [0.25, 0.3) is 0 Å². The van der Waals surface area contributed by atoms with Crippen LogP contribution in [0.15, 0.2) is 18.2 Å². The Labute approximate surface area is 158 Å². The van der Waals surface area contributed by atoms with Gasteiger partial charge in [0, 0.05) is 19.6 Å². The number of aryl methyl sites for hydroxylation is 1. The zero-order valence-corrected chi connectivity index (χ0v) is 17.0. The van der Waals surface area contributed by atoms with Gasteiger partial charge in [-0.15, -0.1) is 12.4 Å². The second-order valence-corrected chi connectivity index (χ2v) is 9.86. The molecule has 0 spiro atoms. The van der Waals surface area contributed by atoms with Crippen molar-refractivity contribution in [3.8, 4) is 0 Å². The maximum atomic E-state index is 13.0. The fourth-order valence-corrected chi connectivity index (χ4v) is 5.92. The van der Waals surface area contributed by atoms with Crippen LogP contribution >= 0.6 is 12.4 Å². The summed E-state index contributed by atoms with van der Waals surface area (Å²) >= 11 is 0. The highest BCUT2D eigenvalue weighted by molar-refractivity contribution is 7.91. The molecule has 1 heterocycles. The Morgan fingerprint density at radius 2 is 2.00 bits per heavy atom. The zero-order chi connectivity index (χ0) is 17.2. The van der Waals surface area contributed by atoms with E-state index in [1.54, 1.807) is 0 Å². The third kappa shape index (κ3) is 5.19. The van der Waals surface area contributed by atoms with Gasteiger partial charge < -0.3 is 9.80 Å². The van der Waals surface area contributed by atoms with Gasteiger partial charge in [0.15, 0.2) is 9.84 Å². The predicted octanol–water partition coefficient (Wildman–Crippen LogP) is 2.54. The van der Waals surface area contributed by atoms with Crippen molar-refractivity contribution in [1.29, 1.82) is 0 Å². The van der Waals surface area contributed by atoms with Crippen LogP contribution in [0, 0.1) is 0 Å². The van der Waals surface area contributed by atoms with Crippen LogP contribution in [-0.2, 0) is 28.4 Å². The van der Waals surface area contributed by atoms with E-state index in [1.807, 2.05) is 12.1 Å². The number of nitrogens with zero attached hydrogens (tertiary/aromatic N) is 2. The number of piperidine rings is 1. The summed E-state index contributed by atoms with van der Waals surface area (Å²) in [5.74, 6) is 0.225. The standard InChI is InChI=1S/C19H30N2O2S.ClH/c1-20(2)12-13-21-11-5-9-18(14-21)24(22,23)15-17-8-3-6-16-7-4-10-19(16)17;/h3,6,8,18H,4-5,7,9-15H2,1-2H3;1H. The maximum absolute atomic E-state index is 13.0. The SMILES string of the molecule is CN(C)CCN1CCCC(S(=O)(=O)Cc2cccc3c2CCC3)C1.Cl. The number of hydrogen-bond acceptors (Lipinski definition) is 4. The van der Waals surface area contributed by atoms with E-state index in [4.69, 9.17) is 0 Å². The Hall–Kier alpha value is -0.620. The molecule has 0 radical (unpaired) electrons. The molecule has 25 heavy (non-hydrogen) atoms. The van der Waals surface area contributed by atoms with Gasteiger partial charge in [0.25, 0.3) is 0 Å². The molecule has 2 aliphatic rings. The molecule has 0 amide bonds. The Morgan fingerprint density at radius 1 is 1.20 bits per heavy atom. The molecule has 142 valence electrons. The topological polar surface area (TPSA) is 40.6 Å². The van der Waals surface area contributed by atoms with Crippen LogP contribution in [0.4, 0.5) is 0 Å². The van der Waals surface area contributed by atoms with Gasteiger partial charge in [-0.25, -0.2) is 8.42 Å². The highest BCUT2D eigenvalue weighted by Crippen LogP contribution is 2.28. The summed E-state index contributed by atoms with van der Waals surface area (Å²) in [6.07, 6.45) is 5.11. The van der Waals surface area contributed by atoms with Crippen LogP contribution in [-0.4, -0.2) is 63.7 Å². The molecule has 0 saturated carbocycles. The van der Waals surface area contributed by atoms with E-state index >= 15 is 0 Å². The number of hydrogen-bond donors (Lipinski definition) is 0. The molecule has 1 aromatic rings. The van der Waals surface area contributed by atoms with E-state index in [-0.39, 0.29) is 23.4 Å². The third-order valence-corrected chi connectivity index (χ3v) is 7.55. The van der Waals surface area contributed by atoms with E-state index in [0.29, 0.717) is 6.54 Å². The molecule has 1 aliphatic heterocycles. The minimum Gasteiger partial charge on any atom is -0.308 e. The summed E-state index contributed by atoms with van der Waals surface area (Å²) < 4.78 is 26.0. The predicted molar refractivity (Wildman–Crippen MR) is 106 cm³/mol. The summed E-state index contributed by atoms with van der Waals surface area (Å²) in [5.41, 5.74) is 3.72. The lowest BCUT2D eigenvalue weighted by Crippen LogP contribution is -2.44. The molecule has 3 rings (SSSR count). The number of likely N-dealkylation sites (N-methyl/N-ethyl adjacent to an activating group) is 1. The van der Waals surface area contributed by atoms with Crippen LogP contribution in [0.3, 0.4) is 0 Å². The van der Waals surface area contributed by atoms with Crippen molar-refractivity contribution in [3.63, 3.8) is 0 Å². The monoisotopic (exact) mass is 386 g/mol. The summed E-state index contributed by atoms with van der Waals surface area (Å²) in [4.78, 5) is 4.48. The first-order chi connectivity index (χ1) is 11.5. The van der Waals surface area contributed by atoms with Crippen molar-refractivity contribution in [2.45, 2.75) is 43.1 Å².